The van der Waals surface area contributed by atoms with Crippen molar-refractivity contribution in [2.75, 3.05) is 6.54 Å². The summed E-state index contributed by atoms with van der Waals surface area (Å²) < 4.78 is 0. The molecule has 0 heterocycles. The molecule has 0 radical (unpaired) electrons. The van der Waals surface area contributed by atoms with Gasteiger partial charge in [-0.25, -0.2) is 0 Å². The van der Waals surface area contributed by atoms with E-state index in [2.05, 4.69) is 11.9 Å². The molecule has 3 heteroatoms. The van der Waals surface area contributed by atoms with Gasteiger partial charge in [0, 0.05) is 23.4 Å². The minimum atomic E-state index is -0.124. The van der Waals surface area contributed by atoms with Crippen molar-refractivity contribution in [3.8, 4) is 0 Å². The fourth-order valence-corrected chi connectivity index (χ4v) is 2.08. The normalized spacial score (nSPS) is 15.2. The van der Waals surface area contributed by atoms with Crippen LogP contribution < -0.4 is 0 Å². The van der Waals surface area contributed by atoms with E-state index < -0.39 is 0 Å². The Hall–Kier alpha value is -1.90. The number of hydrogen-bond donors (Lipinski definition) is 1. The number of nitrogens with zero attached hydrogens (tertiary/aromatic N) is 1. The highest BCUT2D eigenvalue weighted by molar-refractivity contribution is 6.35. The van der Waals surface area contributed by atoms with Gasteiger partial charge < -0.3 is 5.11 Å². The van der Waals surface area contributed by atoms with Crippen molar-refractivity contribution < 1.29 is 9.90 Å². The highest BCUT2D eigenvalue weighted by atomic mass is 16.3. The van der Waals surface area contributed by atoms with Crippen molar-refractivity contribution in [3.05, 3.63) is 41.0 Å². The van der Waals surface area contributed by atoms with Crippen LogP contribution in [0.25, 0.3) is 5.76 Å². The Balaban J connectivity index is 2.34. The fraction of sp³-hybridized carbons (Fsp3) is 0.333. The minimum absolute atomic E-state index is 0.0633. The molecular formula is C15H17NO2. The predicted octanol–water partition coefficient (Wildman–Crippen LogP) is 3.41. The number of benzene rings is 1. The van der Waals surface area contributed by atoms with Crippen LogP contribution in [0.15, 0.2) is 34.8 Å². The topological polar surface area (TPSA) is 49.7 Å². The van der Waals surface area contributed by atoms with Crippen molar-refractivity contribution in [2.24, 2.45) is 4.99 Å². The molecule has 0 amide bonds. The summed E-state index contributed by atoms with van der Waals surface area (Å²) in [6.45, 7) is 4.58. The van der Waals surface area contributed by atoms with E-state index in [1.807, 2.05) is 6.07 Å². The van der Waals surface area contributed by atoms with Gasteiger partial charge in [-0.3, -0.25) is 9.79 Å². The van der Waals surface area contributed by atoms with E-state index >= 15 is 0 Å². The highest BCUT2D eigenvalue weighted by Gasteiger charge is 2.30. The zero-order valence-electron chi connectivity index (χ0n) is 10.7. The second-order valence-electron chi connectivity index (χ2n) is 4.42. The lowest BCUT2D eigenvalue weighted by atomic mass is 10.1. The Morgan fingerprint density at radius 2 is 1.94 bits per heavy atom. The summed E-state index contributed by atoms with van der Waals surface area (Å²) in [5.41, 5.74) is 2.16. The van der Waals surface area contributed by atoms with Crippen LogP contribution in [0.4, 0.5) is 0 Å². The molecule has 2 rings (SSSR count). The van der Waals surface area contributed by atoms with Gasteiger partial charge in [-0.1, -0.05) is 37.6 Å². The molecule has 1 aromatic rings. The Morgan fingerprint density at radius 3 is 2.56 bits per heavy atom. The number of carbonyl (C=O) groups excluding carboxylic acids is 1. The van der Waals surface area contributed by atoms with Gasteiger partial charge in [0.15, 0.2) is 5.78 Å². The average Bonchev–Trinajstić information content (AvgIpc) is 2.63. The molecule has 18 heavy (non-hydrogen) atoms. The summed E-state index contributed by atoms with van der Waals surface area (Å²) in [5, 5.41) is 10.1. The molecular weight excluding hydrogens is 226 g/mol. The Kier molecular flexibility index (Phi) is 3.60. The molecule has 0 bridgehead atoms. The van der Waals surface area contributed by atoms with Gasteiger partial charge in [-0.15, -0.1) is 0 Å². The van der Waals surface area contributed by atoms with Crippen LogP contribution in [0.3, 0.4) is 0 Å². The first kappa shape index (κ1) is 12.6. The van der Waals surface area contributed by atoms with Gasteiger partial charge in [0.25, 0.3) is 0 Å². The number of Topliss-reactive ketones (excluding diaryl/α,β-unsaturated/α-hetero) is 1. The van der Waals surface area contributed by atoms with Crippen LogP contribution in [0.1, 0.15) is 42.6 Å². The maximum absolute atomic E-state index is 12.2. The van der Waals surface area contributed by atoms with E-state index in [0.717, 1.165) is 12.8 Å². The SMILES string of the molecule is CCCCN=C(C)C1=C(O)c2ccccc2C1=O. The van der Waals surface area contributed by atoms with Crippen LogP contribution in [-0.4, -0.2) is 23.1 Å². The first-order valence-electron chi connectivity index (χ1n) is 6.25. The summed E-state index contributed by atoms with van der Waals surface area (Å²) in [5.74, 6) is -0.0609. The van der Waals surface area contributed by atoms with Gasteiger partial charge >= 0.3 is 0 Å². The third kappa shape index (κ3) is 2.08. The van der Waals surface area contributed by atoms with Crippen LogP contribution >= 0.6 is 0 Å². The van der Waals surface area contributed by atoms with E-state index in [0.29, 0.717) is 29.0 Å². The van der Waals surface area contributed by atoms with E-state index in [4.69, 9.17) is 0 Å². The predicted molar refractivity (Wildman–Crippen MR) is 73.2 cm³/mol. The van der Waals surface area contributed by atoms with Crippen molar-refractivity contribution in [1.82, 2.24) is 0 Å². The second kappa shape index (κ2) is 5.17. The van der Waals surface area contributed by atoms with Gasteiger partial charge in [0.2, 0.25) is 0 Å². The monoisotopic (exact) mass is 243 g/mol. The van der Waals surface area contributed by atoms with Gasteiger partial charge in [-0.05, 0) is 13.3 Å². The zero-order chi connectivity index (χ0) is 13.1. The van der Waals surface area contributed by atoms with Gasteiger partial charge in [-0.2, -0.15) is 0 Å². The molecule has 0 spiro atoms. The number of ketones is 1. The number of aliphatic hydroxyl groups is 1. The molecule has 1 aromatic carbocycles. The molecule has 0 saturated carbocycles. The molecule has 0 aromatic heterocycles. The molecule has 0 saturated heterocycles. The minimum Gasteiger partial charge on any atom is -0.506 e. The summed E-state index contributed by atoms with van der Waals surface area (Å²) in [7, 11) is 0. The van der Waals surface area contributed by atoms with E-state index in [-0.39, 0.29) is 11.5 Å². The smallest absolute Gasteiger partial charge is 0.199 e. The number of aliphatic hydroxyl groups excluding tert-OH is 1. The third-order valence-corrected chi connectivity index (χ3v) is 3.11. The number of aliphatic imine (C=N–C) groups is 1. The van der Waals surface area contributed by atoms with Crippen molar-refractivity contribution >= 4 is 17.3 Å². The van der Waals surface area contributed by atoms with Gasteiger partial charge in [0.05, 0.1) is 5.57 Å². The first-order valence-corrected chi connectivity index (χ1v) is 6.25. The summed E-state index contributed by atoms with van der Waals surface area (Å²) in [6.07, 6.45) is 2.06. The van der Waals surface area contributed by atoms with Crippen LogP contribution in [-0.2, 0) is 0 Å². The van der Waals surface area contributed by atoms with Gasteiger partial charge in [0.1, 0.15) is 5.76 Å². The molecule has 1 N–H and O–H groups in total. The fourth-order valence-electron chi connectivity index (χ4n) is 2.08. The number of carbonyl (C=O) groups is 1. The number of rotatable bonds is 4. The number of allylic oxidation sites excluding steroid dienone is 1. The summed E-state index contributed by atoms with van der Waals surface area (Å²) >= 11 is 0. The maximum atomic E-state index is 12.2. The summed E-state index contributed by atoms with van der Waals surface area (Å²) in [4.78, 5) is 16.5. The van der Waals surface area contributed by atoms with Crippen LogP contribution in [0, 0.1) is 0 Å². The Bertz CT molecular complexity index is 541. The quantitative estimate of drug-likeness (QED) is 0.650. The lowest BCUT2D eigenvalue weighted by molar-refractivity contribution is 0.104. The average molecular weight is 243 g/mol. The van der Waals surface area contributed by atoms with Crippen molar-refractivity contribution in [1.29, 1.82) is 0 Å². The van der Waals surface area contributed by atoms with E-state index in [1.165, 1.54) is 0 Å². The Labute approximate surface area is 107 Å². The maximum Gasteiger partial charge on any atom is 0.199 e. The molecule has 0 unspecified atom stereocenters. The summed E-state index contributed by atoms with van der Waals surface area (Å²) in [6, 6.07) is 7.11. The third-order valence-electron chi connectivity index (χ3n) is 3.11. The standard InChI is InChI=1S/C15H17NO2/c1-3-4-9-16-10(2)13-14(17)11-7-5-6-8-12(11)15(13)18/h5-8,17H,3-4,9H2,1-2H3. The van der Waals surface area contributed by atoms with Crippen molar-refractivity contribution in [2.45, 2.75) is 26.7 Å². The number of fused-ring (bicyclic) bond motifs is 1. The number of hydrogen-bond acceptors (Lipinski definition) is 3. The lowest BCUT2D eigenvalue weighted by Gasteiger charge is -2.01. The van der Waals surface area contributed by atoms with Crippen molar-refractivity contribution in [3.63, 3.8) is 0 Å². The molecule has 0 fully saturated rings. The van der Waals surface area contributed by atoms with E-state index in [1.54, 1.807) is 25.1 Å². The number of unbranched alkanes of at least 4 members (excludes halogenated alkanes) is 1. The molecule has 3 nitrogen and oxygen atoms in total. The van der Waals surface area contributed by atoms with E-state index in [9.17, 15) is 9.90 Å². The Morgan fingerprint density at radius 1 is 1.28 bits per heavy atom. The highest BCUT2D eigenvalue weighted by Crippen LogP contribution is 2.31. The van der Waals surface area contributed by atoms with Crippen LogP contribution in [0.2, 0.25) is 0 Å². The first-order chi connectivity index (χ1) is 8.66. The second-order valence-corrected chi connectivity index (χ2v) is 4.42. The largest absolute Gasteiger partial charge is 0.506 e. The lowest BCUT2D eigenvalue weighted by Crippen LogP contribution is -2.08. The molecule has 94 valence electrons. The molecule has 1 aliphatic rings. The zero-order valence-corrected chi connectivity index (χ0v) is 10.7. The van der Waals surface area contributed by atoms with Crippen LogP contribution in [0.5, 0.6) is 0 Å². The molecule has 0 atom stereocenters. The molecule has 0 aliphatic heterocycles. The molecule has 1 aliphatic carbocycles.